The van der Waals surface area contributed by atoms with E-state index in [0.717, 1.165) is 5.92 Å². The van der Waals surface area contributed by atoms with Gasteiger partial charge in [0.15, 0.2) is 0 Å². The summed E-state index contributed by atoms with van der Waals surface area (Å²) >= 11 is 0. The number of rotatable bonds is 4. The van der Waals surface area contributed by atoms with Crippen LogP contribution in [0.15, 0.2) is 0 Å². The Kier molecular flexibility index (Phi) is 5.45. The van der Waals surface area contributed by atoms with Crippen LogP contribution >= 0.6 is 0 Å². The highest BCUT2D eigenvalue weighted by Crippen LogP contribution is 2.23. The number of nitrogens with zero attached hydrogens (tertiary/aromatic N) is 1. The van der Waals surface area contributed by atoms with Crippen LogP contribution in [0.2, 0.25) is 0 Å². The van der Waals surface area contributed by atoms with E-state index in [1.165, 1.54) is 58.2 Å². The summed E-state index contributed by atoms with van der Waals surface area (Å²) in [6.45, 7) is 8.37. The average molecular weight is 183 g/mol. The van der Waals surface area contributed by atoms with Crippen LogP contribution in [-0.4, -0.2) is 24.5 Å². The first-order valence-electron chi connectivity index (χ1n) is 6.09. The fourth-order valence-electron chi connectivity index (χ4n) is 2.39. The fraction of sp³-hybridized carbons (Fsp3) is 1.00. The monoisotopic (exact) mass is 183 g/mol. The second-order valence-electron chi connectivity index (χ2n) is 4.34. The molecule has 0 spiro atoms. The normalized spacial score (nSPS) is 20.5. The lowest BCUT2D eigenvalue weighted by atomic mass is 10.00. The van der Waals surface area contributed by atoms with Crippen LogP contribution in [0.5, 0.6) is 0 Å². The fourth-order valence-corrected chi connectivity index (χ4v) is 2.39. The van der Waals surface area contributed by atoms with E-state index in [9.17, 15) is 0 Å². The van der Waals surface area contributed by atoms with E-state index in [2.05, 4.69) is 18.7 Å². The molecule has 13 heavy (non-hydrogen) atoms. The van der Waals surface area contributed by atoms with E-state index >= 15 is 0 Å². The van der Waals surface area contributed by atoms with Crippen molar-refractivity contribution in [3.63, 3.8) is 0 Å². The molecule has 0 atom stereocenters. The molecule has 1 nitrogen and oxygen atoms in total. The lowest BCUT2D eigenvalue weighted by Gasteiger charge is -2.24. The summed E-state index contributed by atoms with van der Waals surface area (Å²) < 4.78 is 0. The first kappa shape index (κ1) is 11.0. The third-order valence-corrected chi connectivity index (χ3v) is 3.39. The van der Waals surface area contributed by atoms with Gasteiger partial charge in [-0.1, -0.05) is 39.5 Å². The minimum absolute atomic E-state index is 1.00. The highest BCUT2D eigenvalue weighted by Gasteiger charge is 2.14. The third kappa shape index (κ3) is 4.12. The Bertz CT molecular complexity index is 110. The second-order valence-corrected chi connectivity index (χ2v) is 4.34. The minimum Gasteiger partial charge on any atom is -0.304 e. The van der Waals surface area contributed by atoms with E-state index in [-0.39, 0.29) is 0 Å². The molecule has 0 saturated heterocycles. The minimum atomic E-state index is 1.00. The molecule has 0 aromatic carbocycles. The highest BCUT2D eigenvalue weighted by atomic mass is 15.1. The van der Waals surface area contributed by atoms with Gasteiger partial charge in [-0.15, -0.1) is 0 Å². The molecule has 1 saturated carbocycles. The van der Waals surface area contributed by atoms with Gasteiger partial charge in [-0.2, -0.15) is 0 Å². The van der Waals surface area contributed by atoms with Gasteiger partial charge in [0.1, 0.15) is 0 Å². The van der Waals surface area contributed by atoms with Crippen LogP contribution in [0, 0.1) is 5.92 Å². The van der Waals surface area contributed by atoms with Gasteiger partial charge in [0, 0.05) is 6.54 Å². The van der Waals surface area contributed by atoms with Gasteiger partial charge in [-0.05, 0) is 31.8 Å². The van der Waals surface area contributed by atoms with Gasteiger partial charge in [0.2, 0.25) is 0 Å². The summed E-state index contributed by atoms with van der Waals surface area (Å²) in [5.41, 5.74) is 0. The summed E-state index contributed by atoms with van der Waals surface area (Å²) in [4.78, 5) is 2.58. The summed E-state index contributed by atoms with van der Waals surface area (Å²) in [6.07, 6.45) is 8.88. The SMILES string of the molecule is CCN(CC)CC1CCCCCC1. The van der Waals surface area contributed by atoms with Crippen molar-refractivity contribution in [1.29, 1.82) is 0 Å². The molecule has 0 aromatic rings. The van der Waals surface area contributed by atoms with Crippen molar-refractivity contribution in [2.24, 2.45) is 5.92 Å². The molecule has 1 aliphatic rings. The van der Waals surface area contributed by atoms with E-state index in [0.29, 0.717) is 0 Å². The second kappa shape index (κ2) is 6.42. The van der Waals surface area contributed by atoms with Crippen molar-refractivity contribution in [3.8, 4) is 0 Å². The summed E-state index contributed by atoms with van der Waals surface area (Å²) in [6, 6.07) is 0. The predicted molar refractivity (Wildman–Crippen MR) is 59.0 cm³/mol. The molecular formula is C12H25N. The molecule has 1 fully saturated rings. The molecule has 0 heterocycles. The number of hydrogen-bond donors (Lipinski definition) is 0. The Morgan fingerprint density at radius 1 is 0.923 bits per heavy atom. The topological polar surface area (TPSA) is 3.24 Å². The van der Waals surface area contributed by atoms with Gasteiger partial charge in [0.05, 0.1) is 0 Å². The van der Waals surface area contributed by atoms with Gasteiger partial charge in [-0.25, -0.2) is 0 Å². The Labute approximate surface area is 83.5 Å². The van der Waals surface area contributed by atoms with Crippen molar-refractivity contribution in [1.82, 2.24) is 4.90 Å². The van der Waals surface area contributed by atoms with Crippen molar-refractivity contribution in [3.05, 3.63) is 0 Å². The molecule has 78 valence electrons. The van der Waals surface area contributed by atoms with Crippen molar-refractivity contribution in [2.45, 2.75) is 52.4 Å². The first-order valence-corrected chi connectivity index (χ1v) is 6.09. The Balaban J connectivity index is 2.24. The van der Waals surface area contributed by atoms with E-state index in [1.807, 2.05) is 0 Å². The maximum absolute atomic E-state index is 2.58. The van der Waals surface area contributed by atoms with Gasteiger partial charge in [0.25, 0.3) is 0 Å². The molecule has 0 aromatic heterocycles. The van der Waals surface area contributed by atoms with Crippen LogP contribution in [0.3, 0.4) is 0 Å². The Morgan fingerprint density at radius 2 is 1.46 bits per heavy atom. The van der Waals surface area contributed by atoms with Crippen molar-refractivity contribution < 1.29 is 0 Å². The van der Waals surface area contributed by atoms with Crippen LogP contribution in [0.25, 0.3) is 0 Å². The Morgan fingerprint density at radius 3 is 1.92 bits per heavy atom. The summed E-state index contributed by atoms with van der Waals surface area (Å²) in [5, 5.41) is 0. The van der Waals surface area contributed by atoms with Gasteiger partial charge >= 0.3 is 0 Å². The predicted octanol–water partition coefficient (Wildman–Crippen LogP) is 3.30. The molecule has 0 aliphatic heterocycles. The standard InChI is InChI=1S/C12H25N/c1-3-13(4-2)11-12-9-7-5-6-8-10-12/h12H,3-11H2,1-2H3. The van der Waals surface area contributed by atoms with Crippen LogP contribution in [0.1, 0.15) is 52.4 Å². The maximum atomic E-state index is 2.58. The van der Waals surface area contributed by atoms with Crippen molar-refractivity contribution >= 4 is 0 Å². The van der Waals surface area contributed by atoms with Crippen molar-refractivity contribution in [2.75, 3.05) is 19.6 Å². The van der Waals surface area contributed by atoms with E-state index in [1.54, 1.807) is 0 Å². The highest BCUT2D eigenvalue weighted by molar-refractivity contribution is 4.68. The zero-order chi connectivity index (χ0) is 9.52. The van der Waals surface area contributed by atoms with Crippen LogP contribution < -0.4 is 0 Å². The summed E-state index contributed by atoms with van der Waals surface area (Å²) in [5.74, 6) is 1.00. The molecule has 1 heteroatoms. The molecule has 1 aliphatic carbocycles. The average Bonchev–Trinajstić information content (AvgIpc) is 2.42. The van der Waals surface area contributed by atoms with Gasteiger partial charge < -0.3 is 4.90 Å². The largest absolute Gasteiger partial charge is 0.304 e. The zero-order valence-corrected chi connectivity index (χ0v) is 9.39. The smallest absolute Gasteiger partial charge is 0.000942 e. The molecule has 0 unspecified atom stereocenters. The van der Waals surface area contributed by atoms with E-state index in [4.69, 9.17) is 0 Å². The molecular weight excluding hydrogens is 158 g/mol. The molecule has 0 bridgehead atoms. The lowest BCUT2D eigenvalue weighted by Crippen LogP contribution is -2.29. The van der Waals surface area contributed by atoms with Crippen LogP contribution in [-0.2, 0) is 0 Å². The molecule has 0 radical (unpaired) electrons. The Hall–Kier alpha value is -0.0400. The zero-order valence-electron chi connectivity index (χ0n) is 9.39. The third-order valence-electron chi connectivity index (χ3n) is 3.39. The number of hydrogen-bond acceptors (Lipinski definition) is 1. The molecule has 0 amide bonds. The quantitative estimate of drug-likeness (QED) is 0.604. The summed E-state index contributed by atoms with van der Waals surface area (Å²) in [7, 11) is 0. The molecule has 1 rings (SSSR count). The van der Waals surface area contributed by atoms with E-state index < -0.39 is 0 Å². The lowest BCUT2D eigenvalue weighted by molar-refractivity contribution is 0.238. The van der Waals surface area contributed by atoms with Crippen LogP contribution in [0.4, 0.5) is 0 Å². The maximum Gasteiger partial charge on any atom is 0.000942 e. The molecule has 0 N–H and O–H groups in total. The first-order chi connectivity index (χ1) is 6.36. The van der Waals surface area contributed by atoms with Gasteiger partial charge in [-0.3, -0.25) is 0 Å².